The predicted molar refractivity (Wildman–Crippen MR) is 116 cm³/mol. The summed E-state index contributed by atoms with van der Waals surface area (Å²) >= 11 is 0. The molecule has 0 spiro atoms. The smallest absolute Gasteiger partial charge is 0.253 e. The molecule has 5 heterocycles. The van der Waals surface area contributed by atoms with Gasteiger partial charge in [0.25, 0.3) is 5.91 Å². The number of aromatic nitrogens is 4. The number of anilines is 1. The minimum atomic E-state index is 0.0398. The van der Waals surface area contributed by atoms with E-state index < -0.39 is 0 Å². The third-order valence-electron chi connectivity index (χ3n) is 6.11. The lowest BCUT2D eigenvalue weighted by atomic mass is 9.91. The Kier molecular flexibility index (Phi) is 5.36. The fraction of sp³-hybridized carbons (Fsp3) is 0.435. The summed E-state index contributed by atoms with van der Waals surface area (Å²) in [4.78, 5) is 30.9. The molecule has 0 unspecified atom stereocenters. The van der Waals surface area contributed by atoms with Crippen LogP contribution in [0.2, 0.25) is 0 Å². The lowest BCUT2D eigenvalue weighted by Gasteiger charge is -2.33. The van der Waals surface area contributed by atoms with E-state index in [-0.39, 0.29) is 11.8 Å². The van der Waals surface area contributed by atoms with Gasteiger partial charge in [-0.2, -0.15) is 0 Å². The Morgan fingerprint density at radius 1 is 1.13 bits per heavy atom. The molecule has 0 aliphatic carbocycles. The van der Waals surface area contributed by atoms with Crippen LogP contribution < -0.4 is 4.90 Å². The minimum absolute atomic E-state index is 0.0398. The quantitative estimate of drug-likeness (QED) is 0.641. The van der Waals surface area contributed by atoms with Gasteiger partial charge in [0.05, 0.1) is 17.0 Å². The highest BCUT2D eigenvalue weighted by molar-refractivity contribution is 5.94. The number of hydrogen-bond donors (Lipinski definition) is 0. The molecule has 1 atom stereocenters. The fourth-order valence-corrected chi connectivity index (χ4v) is 4.51. The van der Waals surface area contributed by atoms with E-state index in [2.05, 4.69) is 20.0 Å². The first-order valence-corrected chi connectivity index (χ1v) is 10.9. The van der Waals surface area contributed by atoms with Gasteiger partial charge in [0, 0.05) is 62.3 Å². The maximum atomic E-state index is 13.0. The molecule has 8 nitrogen and oxygen atoms in total. The lowest BCUT2D eigenvalue weighted by molar-refractivity contribution is 0.0706. The Morgan fingerprint density at radius 3 is 2.68 bits per heavy atom. The molecule has 3 aromatic rings. The van der Waals surface area contributed by atoms with Crippen LogP contribution in [0.3, 0.4) is 0 Å². The van der Waals surface area contributed by atoms with E-state index in [0.717, 1.165) is 55.4 Å². The Morgan fingerprint density at radius 2 is 1.94 bits per heavy atom. The molecule has 0 N–H and O–H groups in total. The summed E-state index contributed by atoms with van der Waals surface area (Å²) in [5.74, 6) is 1.60. The molecule has 2 aliphatic rings. The van der Waals surface area contributed by atoms with Gasteiger partial charge in [0.1, 0.15) is 0 Å². The zero-order valence-corrected chi connectivity index (χ0v) is 17.7. The van der Waals surface area contributed by atoms with Gasteiger partial charge < -0.3 is 14.3 Å². The Bertz CT molecular complexity index is 1060. The summed E-state index contributed by atoms with van der Waals surface area (Å²) in [5, 5.41) is 4.05. The van der Waals surface area contributed by atoms with E-state index in [1.165, 1.54) is 12.8 Å². The molecule has 0 saturated carbocycles. The Labute approximate surface area is 181 Å². The van der Waals surface area contributed by atoms with Gasteiger partial charge >= 0.3 is 0 Å². The molecule has 0 bridgehead atoms. The third-order valence-corrected chi connectivity index (χ3v) is 6.11. The first kappa shape index (κ1) is 19.7. The molecule has 0 radical (unpaired) electrons. The average Bonchev–Trinajstić information content (AvgIpc) is 3.51. The van der Waals surface area contributed by atoms with Crippen LogP contribution in [0.1, 0.15) is 53.3 Å². The fourth-order valence-electron chi connectivity index (χ4n) is 4.51. The second kappa shape index (κ2) is 8.45. The van der Waals surface area contributed by atoms with Crippen molar-refractivity contribution in [3.05, 3.63) is 53.7 Å². The highest BCUT2D eigenvalue weighted by atomic mass is 16.5. The van der Waals surface area contributed by atoms with Gasteiger partial charge in [-0.1, -0.05) is 5.16 Å². The van der Waals surface area contributed by atoms with E-state index in [9.17, 15) is 4.79 Å². The third kappa shape index (κ3) is 4.02. The summed E-state index contributed by atoms with van der Waals surface area (Å²) in [7, 11) is 0. The van der Waals surface area contributed by atoms with Crippen molar-refractivity contribution in [2.75, 3.05) is 31.1 Å². The topological polar surface area (TPSA) is 88.3 Å². The average molecular weight is 419 g/mol. The number of nitrogens with zero attached hydrogens (tertiary/aromatic N) is 6. The molecular formula is C23H26N6O2. The van der Waals surface area contributed by atoms with Crippen molar-refractivity contribution >= 4 is 11.9 Å². The van der Waals surface area contributed by atoms with Crippen LogP contribution in [0.15, 0.2) is 41.3 Å². The number of aryl methyl sites for hydroxylation is 1. The van der Waals surface area contributed by atoms with Crippen LogP contribution >= 0.6 is 0 Å². The molecular weight excluding hydrogens is 392 g/mol. The van der Waals surface area contributed by atoms with Gasteiger partial charge in [0.2, 0.25) is 5.95 Å². The van der Waals surface area contributed by atoms with Crippen LogP contribution in [-0.2, 0) is 0 Å². The van der Waals surface area contributed by atoms with Crippen LogP contribution in [0.25, 0.3) is 11.3 Å². The molecule has 1 amide bonds. The highest BCUT2D eigenvalue weighted by Crippen LogP contribution is 2.35. The van der Waals surface area contributed by atoms with Crippen LogP contribution in [0.4, 0.5) is 5.95 Å². The molecule has 3 aromatic heterocycles. The number of rotatable bonds is 4. The maximum absolute atomic E-state index is 13.0. The summed E-state index contributed by atoms with van der Waals surface area (Å²) < 4.78 is 5.56. The second-order valence-electron chi connectivity index (χ2n) is 8.32. The van der Waals surface area contributed by atoms with Crippen molar-refractivity contribution in [3.8, 4) is 11.3 Å². The summed E-state index contributed by atoms with van der Waals surface area (Å²) in [6, 6.07) is 5.45. The number of pyridine rings is 1. The van der Waals surface area contributed by atoms with Crippen molar-refractivity contribution in [2.24, 2.45) is 0 Å². The van der Waals surface area contributed by atoms with E-state index in [4.69, 9.17) is 9.51 Å². The van der Waals surface area contributed by atoms with Gasteiger partial charge in [-0.15, -0.1) is 0 Å². The SMILES string of the molecule is Cc1cc(-c2cnc(N3CCCC3)nc2[C@@H]2CCCN(C(=O)c3ccncc3)C2)on1. The minimum Gasteiger partial charge on any atom is -0.356 e. The van der Waals surface area contributed by atoms with Gasteiger partial charge in [-0.25, -0.2) is 9.97 Å². The molecule has 31 heavy (non-hydrogen) atoms. The molecule has 2 saturated heterocycles. The molecule has 2 aliphatic heterocycles. The predicted octanol–water partition coefficient (Wildman–Crippen LogP) is 3.46. The highest BCUT2D eigenvalue weighted by Gasteiger charge is 2.30. The zero-order valence-electron chi connectivity index (χ0n) is 17.7. The van der Waals surface area contributed by atoms with Crippen molar-refractivity contribution in [2.45, 2.75) is 38.5 Å². The first-order chi connectivity index (χ1) is 15.2. The number of likely N-dealkylation sites (tertiary alicyclic amines) is 1. The zero-order chi connectivity index (χ0) is 21.2. The van der Waals surface area contributed by atoms with Crippen molar-refractivity contribution < 1.29 is 9.32 Å². The standard InChI is InChI=1S/C23H26N6O2/c1-16-13-20(31-27-16)19-14-25-23(28-10-2-3-11-28)26-21(19)18-5-4-12-29(15-18)22(30)17-6-8-24-9-7-17/h6-9,13-14,18H,2-5,10-12,15H2,1H3/t18-/m1/s1. The second-order valence-corrected chi connectivity index (χ2v) is 8.32. The number of carbonyl (C=O) groups excluding carboxylic acids is 1. The van der Waals surface area contributed by atoms with Gasteiger partial charge in [-0.3, -0.25) is 9.78 Å². The van der Waals surface area contributed by atoms with Crippen LogP contribution in [0.5, 0.6) is 0 Å². The monoisotopic (exact) mass is 418 g/mol. The summed E-state index contributed by atoms with van der Waals surface area (Å²) in [5.41, 5.74) is 3.30. The Hall–Kier alpha value is -3.29. The van der Waals surface area contributed by atoms with Crippen molar-refractivity contribution in [1.82, 2.24) is 25.0 Å². The Balaban J connectivity index is 1.48. The van der Waals surface area contributed by atoms with E-state index in [1.54, 1.807) is 24.5 Å². The molecule has 2 fully saturated rings. The summed E-state index contributed by atoms with van der Waals surface area (Å²) in [6.45, 7) is 5.24. The van der Waals surface area contributed by atoms with E-state index in [1.807, 2.05) is 24.1 Å². The largest absolute Gasteiger partial charge is 0.356 e. The van der Waals surface area contributed by atoms with E-state index >= 15 is 0 Å². The summed E-state index contributed by atoms with van der Waals surface area (Å²) in [6.07, 6.45) is 9.41. The van der Waals surface area contributed by atoms with Crippen LogP contribution in [-0.4, -0.2) is 57.1 Å². The number of carbonyl (C=O) groups is 1. The molecule has 5 rings (SSSR count). The lowest BCUT2D eigenvalue weighted by Crippen LogP contribution is -2.39. The molecule has 160 valence electrons. The first-order valence-electron chi connectivity index (χ1n) is 10.9. The van der Waals surface area contributed by atoms with Crippen molar-refractivity contribution in [3.63, 3.8) is 0 Å². The number of amides is 1. The number of piperidine rings is 1. The van der Waals surface area contributed by atoms with Crippen molar-refractivity contribution in [1.29, 1.82) is 0 Å². The van der Waals surface area contributed by atoms with E-state index in [0.29, 0.717) is 17.9 Å². The van der Waals surface area contributed by atoms with Gasteiger partial charge in [0.15, 0.2) is 5.76 Å². The van der Waals surface area contributed by atoms with Gasteiger partial charge in [-0.05, 0) is 44.7 Å². The molecule has 0 aromatic carbocycles. The maximum Gasteiger partial charge on any atom is 0.253 e. The normalized spacial score (nSPS) is 19.1. The number of hydrogen-bond acceptors (Lipinski definition) is 7. The van der Waals surface area contributed by atoms with Crippen LogP contribution in [0, 0.1) is 6.92 Å². The molecule has 8 heteroatoms.